The number of esters is 2. The maximum absolute atomic E-state index is 11.9. The third-order valence-corrected chi connectivity index (χ3v) is 4.55. The van der Waals surface area contributed by atoms with Crippen LogP contribution in [0.5, 0.6) is 5.75 Å². The van der Waals surface area contributed by atoms with E-state index in [-0.39, 0.29) is 25.0 Å². The Hall–Kier alpha value is -2.04. The summed E-state index contributed by atoms with van der Waals surface area (Å²) in [4.78, 5) is 23.8. The average Bonchev–Trinajstić information content (AvgIpc) is 3.36. The molecule has 0 radical (unpaired) electrons. The van der Waals surface area contributed by atoms with Crippen molar-refractivity contribution in [3.63, 3.8) is 0 Å². The molecular weight excluding hydrogens is 320 g/mol. The second-order valence-corrected chi connectivity index (χ2v) is 7.18. The first-order chi connectivity index (χ1) is 11.8. The van der Waals surface area contributed by atoms with Crippen molar-refractivity contribution in [3.05, 3.63) is 29.8 Å². The fourth-order valence-electron chi connectivity index (χ4n) is 3.07. The Morgan fingerprint density at radius 2 is 1.80 bits per heavy atom. The number of benzene rings is 1. The molecule has 0 heterocycles. The predicted molar refractivity (Wildman–Crippen MR) is 94.6 cm³/mol. The van der Waals surface area contributed by atoms with Crippen molar-refractivity contribution in [1.29, 1.82) is 0 Å². The average molecular weight is 348 g/mol. The molecule has 5 heteroatoms. The summed E-state index contributed by atoms with van der Waals surface area (Å²) in [6.45, 7) is 6.17. The Morgan fingerprint density at radius 3 is 2.32 bits per heavy atom. The second-order valence-electron chi connectivity index (χ2n) is 7.18. The first kappa shape index (κ1) is 19.3. The lowest BCUT2D eigenvalue weighted by atomic mass is 9.96. The minimum absolute atomic E-state index is 0.182. The molecule has 0 saturated heterocycles. The van der Waals surface area contributed by atoms with E-state index in [4.69, 9.17) is 14.2 Å². The lowest BCUT2D eigenvalue weighted by Gasteiger charge is -2.24. The molecule has 0 N–H and O–H groups in total. The summed E-state index contributed by atoms with van der Waals surface area (Å²) in [6, 6.07) is 7.43. The van der Waals surface area contributed by atoms with Crippen LogP contribution in [0, 0.1) is 0 Å². The van der Waals surface area contributed by atoms with Crippen LogP contribution in [0.2, 0.25) is 0 Å². The van der Waals surface area contributed by atoms with Crippen LogP contribution in [0.25, 0.3) is 0 Å². The number of carbonyl (C=O) groups excluding carboxylic acids is 2. The van der Waals surface area contributed by atoms with Gasteiger partial charge in [-0.3, -0.25) is 9.59 Å². The van der Waals surface area contributed by atoms with Crippen molar-refractivity contribution < 1.29 is 23.8 Å². The molecule has 1 aromatic rings. The normalized spacial score (nSPS) is 15.4. The van der Waals surface area contributed by atoms with Gasteiger partial charge < -0.3 is 14.2 Å². The number of hydrogen-bond donors (Lipinski definition) is 0. The topological polar surface area (TPSA) is 61.8 Å². The van der Waals surface area contributed by atoms with E-state index in [1.165, 1.54) is 7.11 Å². The van der Waals surface area contributed by atoms with Gasteiger partial charge in [0.15, 0.2) is 0 Å². The highest BCUT2D eigenvalue weighted by Gasteiger charge is 2.52. The van der Waals surface area contributed by atoms with Gasteiger partial charge in [0.05, 0.1) is 25.6 Å². The van der Waals surface area contributed by atoms with Crippen molar-refractivity contribution in [2.75, 3.05) is 13.7 Å². The van der Waals surface area contributed by atoms with E-state index in [2.05, 4.69) is 6.92 Å². The summed E-state index contributed by atoms with van der Waals surface area (Å²) in [5.41, 5.74) is 0.0504. The number of carbonyl (C=O) groups is 2. The zero-order valence-electron chi connectivity index (χ0n) is 15.6. The molecule has 0 aromatic heterocycles. The Bertz CT molecular complexity index is 599. The fourth-order valence-corrected chi connectivity index (χ4v) is 3.07. The van der Waals surface area contributed by atoms with Gasteiger partial charge in [-0.15, -0.1) is 0 Å². The quantitative estimate of drug-likeness (QED) is 0.636. The highest BCUT2D eigenvalue weighted by molar-refractivity contribution is 5.86. The molecule has 0 aliphatic heterocycles. The van der Waals surface area contributed by atoms with Gasteiger partial charge in [-0.1, -0.05) is 25.5 Å². The Balaban J connectivity index is 1.81. The molecule has 1 aliphatic carbocycles. The molecule has 0 spiro atoms. The molecule has 0 bridgehead atoms. The predicted octanol–water partition coefficient (Wildman–Crippen LogP) is 3.78. The smallest absolute Gasteiger partial charge is 0.316 e. The Kier molecular flexibility index (Phi) is 6.09. The number of methoxy groups -OCH3 is 1. The van der Waals surface area contributed by atoms with E-state index in [1.54, 1.807) is 0 Å². The van der Waals surface area contributed by atoms with Crippen LogP contribution in [0.15, 0.2) is 24.3 Å². The Morgan fingerprint density at radius 1 is 1.16 bits per heavy atom. The van der Waals surface area contributed by atoms with E-state index in [9.17, 15) is 9.59 Å². The van der Waals surface area contributed by atoms with Crippen molar-refractivity contribution in [2.45, 2.75) is 63.9 Å². The number of rotatable bonds is 9. The van der Waals surface area contributed by atoms with Gasteiger partial charge in [0, 0.05) is 0 Å². The van der Waals surface area contributed by atoms with Crippen molar-refractivity contribution in [3.8, 4) is 5.75 Å². The van der Waals surface area contributed by atoms with E-state index in [1.807, 2.05) is 38.1 Å². The van der Waals surface area contributed by atoms with Crippen LogP contribution in [0.3, 0.4) is 0 Å². The van der Waals surface area contributed by atoms with E-state index < -0.39 is 11.0 Å². The molecule has 1 aliphatic rings. The molecule has 2 rings (SSSR count). The maximum atomic E-state index is 11.9. The van der Waals surface area contributed by atoms with E-state index in [0.717, 1.165) is 31.2 Å². The zero-order chi connectivity index (χ0) is 18.5. The molecule has 5 nitrogen and oxygen atoms in total. The van der Waals surface area contributed by atoms with Crippen LogP contribution in [0.4, 0.5) is 0 Å². The largest absolute Gasteiger partial charge is 0.493 e. The van der Waals surface area contributed by atoms with Crippen LogP contribution in [0.1, 0.15) is 58.4 Å². The summed E-state index contributed by atoms with van der Waals surface area (Å²) >= 11 is 0. The molecule has 1 saturated carbocycles. The molecule has 138 valence electrons. The number of hydrogen-bond acceptors (Lipinski definition) is 5. The molecule has 0 unspecified atom stereocenters. The first-order valence-electron chi connectivity index (χ1n) is 8.86. The van der Waals surface area contributed by atoms with Gasteiger partial charge in [0.1, 0.15) is 11.4 Å². The van der Waals surface area contributed by atoms with Gasteiger partial charge in [-0.05, 0) is 50.8 Å². The van der Waals surface area contributed by atoms with Gasteiger partial charge in [-0.25, -0.2) is 0 Å². The lowest BCUT2D eigenvalue weighted by molar-refractivity contribution is -0.157. The number of ether oxygens (including phenoxy) is 3. The molecular formula is C20H28O5. The highest BCUT2D eigenvalue weighted by atomic mass is 16.6. The van der Waals surface area contributed by atoms with Gasteiger partial charge >= 0.3 is 11.9 Å². The van der Waals surface area contributed by atoms with Crippen LogP contribution in [-0.2, 0) is 24.5 Å². The van der Waals surface area contributed by atoms with Crippen LogP contribution < -0.4 is 4.74 Å². The fraction of sp³-hybridized carbons (Fsp3) is 0.600. The van der Waals surface area contributed by atoms with Crippen molar-refractivity contribution >= 4 is 11.9 Å². The molecule has 25 heavy (non-hydrogen) atoms. The lowest BCUT2D eigenvalue weighted by Crippen LogP contribution is -2.28. The minimum Gasteiger partial charge on any atom is -0.493 e. The third-order valence-electron chi connectivity index (χ3n) is 4.55. The molecule has 1 fully saturated rings. The monoisotopic (exact) mass is 348 g/mol. The van der Waals surface area contributed by atoms with E-state index in [0.29, 0.717) is 5.75 Å². The standard InChI is InChI=1S/C20H28O5/c1-5-11-19(2,3)25-17(21)10-14-24-16-8-6-15(7-9-16)20(12-13-20)18(22)23-4/h6-9H,5,10-14H2,1-4H3. The molecule has 1 aromatic carbocycles. The summed E-state index contributed by atoms with van der Waals surface area (Å²) in [5, 5.41) is 0. The first-order valence-corrected chi connectivity index (χ1v) is 8.86. The SMILES string of the molecule is CCCC(C)(C)OC(=O)CCOc1ccc(C2(C(=O)OC)CC2)cc1. The van der Waals surface area contributed by atoms with E-state index >= 15 is 0 Å². The minimum atomic E-state index is -0.470. The maximum Gasteiger partial charge on any atom is 0.316 e. The summed E-state index contributed by atoms with van der Waals surface area (Å²) < 4.78 is 16.0. The van der Waals surface area contributed by atoms with Crippen LogP contribution >= 0.6 is 0 Å². The van der Waals surface area contributed by atoms with Gasteiger partial charge in [0.2, 0.25) is 0 Å². The zero-order valence-corrected chi connectivity index (χ0v) is 15.6. The Labute approximate surface area is 149 Å². The third kappa shape index (κ3) is 4.97. The molecule has 0 atom stereocenters. The summed E-state index contributed by atoms with van der Waals surface area (Å²) in [5.74, 6) is 0.237. The highest BCUT2D eigenvalue weighted by Crippen LogP contribution is 2.49. The van der Waals surface area contributed by atoms with Crippen LogP contribution in [-0.4, -0.2) is 31.3 Å². The summed E-state index contributed by atoms with van der Waals surface area (Å²) in [7, 11) is 1.42. The summed E-state index contributed by atoms with van der Waals surface area (Å²) in [6.07, 6.45) is 3.65. The van der Waals surface area contributed by atoms with Gasteiger partial charge in [-0.2, -0.15) is 0 Å². The van der Waals surface area contributed by atoms with Crippen molar-refractivity contribution in [1.82, 2.24) is 0 Å². The second kappa shape index (κ2) is 7.89. The molecule has 0 amide bonds. The van der Waals surface area contributed by atoms with Crippen molar-refractivity contribution in [2.24, 2.45) is 0 Å². The van der Waals surface area contributed by atoms with Gasteiger partial charge in [0.25, 0.3) is 0 Å².